The first-order valence-corrected chi connectivity index (χ1v) is 10.3. The minimum absolute atomic E-state index is 0.0754. The van der Waals surface area contributed by atoms with Crippen LogP contribution in [0.15, 0.2) is 48.5 Å². The molecule has 0 aliphatic carbocycles. The van der Waals surface area contributed by atoms with Crippen molar-refractivity contribution < 1.29 is 19.2 Å². The first-order valence-electron chi connectivity index (χ1n) is 10.3. The normalized spacial score (nSPS) is 19.9. The van der Waals surface area contributed by atoms with Crippen LogP contribution in [0.25, 0.3) is 0 Å². The van der Waals surface area contributed by atoms with E-state index in [0.717, 1.165) is 44.7 Å². The van der Waals surface area contributed by atoms with Crippen molar-refractivity contribution in [2.45, 2.75) is 51.2 Å². The largest absolute Gasteiger partial charge is 0.497 e. The second-order valence-corrected chi connectivity index (χ2v) is 8.44. The van der Waals surface area contributed by atoms with Crippen LogP contribution in [0.3, 0.4) is 0 Å². The van der Waals surface area contributed by atoms with Gasteiger partial charge in [-0.2, -0.15) is 0 Å². The van der Waals surface area contributed by atoms with Crippen LogP contribution in [0, 0.1) is 11.7 Å². The van der Waals surface area contributed by atoms with Crippen LogP contribution >= 0.6 is 0 Å². The van der Waals surface area contributed by atoms with E-state index in [1.54, 1.807) is 19.2 Å². The lowest BCUT2D eigenvalue weighted by molar-refractivity contribution is -0.671. The summed E-state index contributed by atoms with van der Waals surface area (Å²) < 4.78 is 24.6. The lowest BCUT2D eigenvalue weighted by Crippen LogP contribution is -2.82. The average Bonchev–Trinajstić information content (AvgIpc) is 2.69. The number of hydrogen-bond acceptors (Lipinski definition) is 2. The lowest BCUT2D eigenvalue weighted by Gasteiger charge is -2.39. The molecule has 28 heavy (non-hydrogen) atoms. The molecule has 2 atom stereocenters. The number of ether oxygens (including phenoxy) is 2. The summed E-state index contributed by atoms with van der Waals surface area (Å²) in [4.78, 5) is 0. The van der Waals surface area contributed by atoms with Gasteiger partial charge in [0.25, 0.3) is 0 Å². The Labute approximate surface area is 168 Å². The molecular weight excluding hydrogens is 353 g/mol. The third kappa shape index (κ3) is 5.79. The van der Waals surface area contributed by atoms with Gasteiger partial charge in [-0.3, -0.25) is 0 Å². The fourth-order valence-corrected chi connectivity index (χ4v) is 4.33. The summed E-state index contributed by atoms with van der Waals surface area (Å²) in [6.45, 7) is 7.17. The van der Waals surface area contributed by atoms with E-state index < -0.39 is 0 Å². The van der Waals surface area contributed by atoms with E-state index in [0.29, 0.717) is 11.8 Å². The first-order chi connectivity index (χ1) is 13.5. The van der Waals surface area contributed by atoms with Crippen LogP contribution in [0.2, 0.25) is 0 Å². The predicted octanol–water partition coefficient (Wildman–Crippen LogP) is 4.28. The Balaban J connectivity index is 1.61. The van der Waals surface area contributed by atoms with Crippen molar-refractivity contribution in [2.24, 2.45) is 5.92 Å². The maximum Gasteiger partial charge on any atom is 0.123 e. The zero-order valence-corrected chi connectivity index (χ0v) is 17.3. The van der Waals surface area contributed by atoms with Crippen molar-refractivity contribution in [1.82, 2.24) is 0 Å². The van der Waals surface area contributed by atoms with Gasteiger partial charge in [0.2, 0.25) is 0 Å². The Morgan fingerprint density at radius 2 is 1.86 bits per heavy atom. The van der Waals surface area contributed by atoms with Crippen LogP contribution < -0.4 is 10.1 Å². The highest BCUT2D eigenvalue weighted by atomic mass is 19.1. The van der Waals surface area contributed by atoms with E-state index in [4.69, 9.17) is 9.47 Å². The summed E-state index contributed by atoms with van der Waals surface area (Å²) in [5, 5.41) is 2.36. The van der Waals surface area contributed by atoms with Gasteiger partial charge in [-0.15, -0.1) is 0 Å². The molecule has 152 valence electrons. The SMILES string of the molecule is COc1ccc(C[NH2+]CC[C@@H](c2ccc(F)cc2)[C@@H]2CCOC(C)(C)C2)cc1. The molecule has 2 aromatic rings. The maximum absolute atomic E-state index is 13.4. The molecule has 1 aliphatic heterocycles. The summed E-state index contributed by atoms with van der Waals surface area (Å²) in [5.74, 6) is 1.74. The quantitative estimate of drug-likeness (QED) is 0.688. The van der Waals surface area contributed by atoms with Crippen molar-refractivity contribution in [2.75, 3.05) is 20.3 Å². The molecule has 0 spiro atoms. The van der Waals surface area contributed by atoms with Crippen molar-refractivity contribution in [3.05, 3.63) is 65.5 Å². The molecule has 0 saturated carbocycles. The number of quaternary nitrogens is 1. The highest BCUT2D eigenvalue weighted by molar-refractivity contribution is 5.26. The van der Waals surface area contributed by atoms with Gasteiger partial charge < -0.3 is 14.8 Å². The van der Waals surface area contributed by atoms with Gasteiger partial charge in [0.05, 0.1) is 19.3 Å². The lowest BCUT2D eigenvalue weighted by atomic mass is 9.75. The van der Waals surface area contributed by atoms with Gasteiger partial charge >= 0.3 is 0 Å². The second kappa shape index (κ2) is 9.53. The molecule has 1 saturated heterocycles. The van der Waals surface area contributed by atoms with Gasteiger partial charge in [0.1, 0.15) is 18.1 Å². The molecular formula is C24H33FNO2+. The maximum atomic E-state index is 13.4. The molecule has 0 amide bonds. The first kappa shape index (κ1) is 20.8. The van der Waals surface area contributed by atoms with Crippen molar-refractivity contribution in [3.63, 3.8) is 0 Å². The summed E-state index contributed by atoms with van der Waals surface area (Å²) >= 11 is 0. The molecule has 3 nitrogen and oxygen atoms in total. The monoisotopic (exact) mass is 386 g/mol. The van der Waals surface area contributed by atoms with Crippen LogP contribution in [0.5, 0.6) is 5.75 Å². The van der Waals surface area contributed by atoms with E-state index in [1.807, 2.05) is 24.3 Å². The summed E-state index contributed by atoms with van der Waals surface area (Å²) in [6, 6.07) is 15.4. The Bertz CT molecular complexity index is 727. The highest BCUT2D eigenvalue weighted by Crippen LogP contribution is 2.39. The van der Waals surface area contributed by atoms with Gasteiger partial charge in [0.15, 0.2) is 0 Å². The summed E-state index contributed by atoms with van der Waals surface area (Å²) in [5.41, 5.74) is 2.47. The van der Waals surface area contributed by atoms with E-state index in [2.05, 4.69) is 31.3 Å². The predicted molar refractivity (Wildman–Crippen MR) is 110 cm³/mol. The van der Waals surface area contributed by atoms with Gasteiger partial charge in [0, 0.05) is 18.6 Å². The Morgan fingerprint density at radius 1 is 1.14 bits per heavy atom. The minimum Gasteiger partial charge on any atom is -0.497 e. The molecule has 2 N–H and O–H groups in total. The number of rotatable bonds is 8. The molecule has 0 radical (unpaired) electrons. The smallest absolute Gasteiger partial charge is 0.123 e. The topological polar surface area (TPSA) is 35.1 Å². The molecule has 4 heteroatoms. The summed E-state index contributed by atoms with van der Waals surface area (Å²) in [6.07, 6.45) is 3.21. The molecule has 1 aliphatic rings. The molecule has 1 heterocycles. The number of benzene rings is 2. The molecule has 0 unspecified atom stereocenters. The Kier molecular flexibility index (Phi) is 7.08. The van der Waals surface area contributed by atoms with Gasteiger partial charge in [-0.05, 0) is 80.5 Å². The third-order valence-electron chi connectivity index (χ3n) is 5.82. The number of methoxy groups -OCH3 is 1. The molecule has 0 bridgehead atoms. The van der Waals surface area contributed by atoms with Crippen molar-refractivity contribution in [3.8, 4) is 5.75 Å². The molecule has 0 aromatic heterocycles. The van der Waals surface area contributed by atoms with E-state index >= 15 is 0 Å². The van der Waals surface area contributed by atoms with Crippen LogP contribution in [0.1, 0.15) is 50.2 Å². The van der Waals surface area contributed by atoms with E-state index in [-0.39, 0.29) is 11.4 Å². The van der Waals surface area contributed by atoms with Crippen LogP contribution in [-0.4, -0.2) is 25.9 Å². The number of hydrogen-bond donors (Lipinski definition) is 1. The zero-order chi connectivity index (χ0) is 20.0. The molecule has 3 rings (SSSR count). The Morgan fingerprint density at radius 3 is 2.50 bits per heavy atom. The molecule has 2 aromatic carbocycles. The fourth-order valence-electron chi connectivity index (χ4n) is 4.33. The van der Waals surface area contributed by atoms with Crippen LogP contribution in [0.4, 0.5) is 4.39 Å². The zero-order valence-electron chi connectivity index (χ0n) is 17.3. The van der Waals surface area contributed by atoms with Crippen LogP contribution in [-0.2, 0) is 11.3 Å². The van der Waals surface area contributed by atoms with E-state index in [9.17, 15) is 4.39 Å². The Hall–Kier alpha value is -1.91. The fraction of sp³-hybridized carbons (Fsp3) is 0.500. The average molecular weight is 387 g/mol. The standard InChI is InChI=1S/C24H32FNO2/c1-24(2)16-20(13-15-28-24)23(19-6-8-21(25)9-7-19)12-14-26-17-18-4-10-22(27-3)11-5-18/h4-11,20,23,26H,12-17H2,1-3H3/p+1/t20-,23+/m1/s1. The number of nitrogens with two attached hydrogens (primary N) is 1. The van der Waals surface area contributed by atoms with Gasteiger partial charge in [-0.25, -0.2) is 4.39 Å². The molecule has 1 fully saturated rings. The summed E-state index contributed by atoms with van der Waals surface area (Å²) in [7, 11) is 1.69. The van der Waals surface area contributed by atoms with Crippen molar-refractivity contribution >= 4 is 0 Å². The third-order valence-corrected chi connectivity index (χ3v) is 5.82. The minimum atomic E-state index is -0.166. The van der Waals surface area contributed by atoms with Crippen molar-refractivity contribution in [1.29, 1.82) is 0 Å². The van der Waals surface area contributed by atoms with Gasteiger partial charge in [-0.1, -0.05) is 12.1 Å². The number of halogens is 1. The second-order valence-electron chi connectivity index (χ2n) is 8.44. The highest BCUT2D eigenvalue weighted by Gasteiger charge is 2.34. The van der Waals surface area contributed by atoms with E-state index in [1.165, 1.54) is 11.1 Å².